The number of amides is 1. The highest BCUT2D eigenvalue weighted by atomic mass is 19.1. The van der Waals surface area contributed by atoms with E-state index in [1.54, 1.807) is 13.0 Å². The molecule has 1 aliphatic heterocycles. The van der Waals surface area contributed by atoms with E-state index in [2.05, 4.69) is 10.6 Å². The second-order valence-electron chi connectivity index (χ2n) is 3.74. The van der Waals surface area contributed by atoms with E-state index in [9.17, 15) is 9.18 Å². The predicted molar refractivity (Wildman–Crippen MR) is 56.2 cm³/mol. The average Bonchev–Trinajstić information content (AvgIpc) is 2.07. The maximum Gasteiger partial charge on any atom is 0.241 e. The van der Waals surface area contributed by atoms with Gasteiger partial charge in [0.15, 0.2) is 0 Å². The minimum atomic E-state index is -0.285. The molecule has 2 rings (SSSR count). The van der Waals surface area contributed by atoms with Crippen molar-refractivity contribution in [2.24, 2.45) is 0 Å². The second-order valence-corrected chi connectivity index (χ2v) is 3.74. The van der Waals surface area contributed by atoms with Crippen LogP contribution >= 0.6 is 0 Å². The van der Waals surface area contributed by atoms with Crippen molar-refractivity contribution < 1.29 is 9.18 Å². The molecule has 2 N–H and O–H groups in total. The molecule has 0 spiro atoms. The predicted octanol–water partition coefficient (Wildman–Crippen LogP) is 1.43. The van der Waals surface area contributed by atoms with Crippen molar-refractivity contribution in [1.29, 1.82) is 0 Å². The highest BCUT2D eigenvalue weighted by Gasteiger charge is 2.24. The zero-order valence-corrected chi connectivity index (χ0v) is 8.51. The number of nitrogens with one attached hydrogen (secondary N) is 2. The Labute approximate surface area is 87.7 Å². The van der Waals surface area contributed by atoms with Crippen molar-refractivity contribution in [3.05, 3.63) is 29.6 Å². The molecule has 3 nitrogen and oxygen atoms in total. The van der Waals surface area contributed by atoms with Crippen LogP contribution in [-0.2, 0) is 4.79 Å². The van der Waals surface area contributed by atoms with Gasteiger partial charge in [0.2, 0.25) is 5.91 Å². The quantitative estimate of drug-likeness (QED) is 0.772. The summed E-state index contributed by atoms with van der Waals surface area (Å²) in [5, 5.41) is 5.78. The van der Waals surface area contributed by atoms with E-state index in [-0.39, 0.29) is 17.8 Å². The minimum Gasteiger partial charge on any atom is -0.324 e. The molecule has 1 aliphatic rings. The van der Waals surface area contributed by atoms with E-state index < -0.39 is 0 Å². The van der Waals surface area contributed by atoms with Crippen LogP contribution in [0.15, 0.2) is 18.2 Å². The molecule has 0 bridgehead atoms. The topological polar surface area (TPSA) is 41.1 Å². The molecule has 1 amide bonds. The molecular weight excluding hydrogens is 195 g/mol. The third-order valence-electron chi connectivity index (χ3n) is 2.59. The molecule has 1 aromatic rings. The van der Waals surface area contributed by atoms with E-state index in [4.69, 9.17) is 0 Å². The molecule has 0 aliphatic carbocycles. The van der Waals surface area contributed by atoms with E-state index in [1.807, 2.05) is 0 Å². The molecule has 1 heterocycles. The summed E-state index contributed by atoms with van der Waals surface area (Å²) in [5.41, 5.74) is 1.41. The summed E-state index contributed by atoms with van der Waals surface area (Å²) in [6.07, 6.45) is 0.867. The van der Waals surface area contributed by atoms with Gasteiger partial charge in [0.05, 0.1) is 6.04 Å². The van der Waals surface area contributed by atoms with Gasteiger partial charge in [-0.1, -0.05) is 0 Å². The largest absolute Gasteiger partial charge is 0.324 e. The monoisotopic (exact) mass is 208 g/mol. The summed E-state index contributed by atoms with van der Waals surface area (Å²) in [4.78, 5) is 11.6. The van der Waals surface area contributed by atoms with Gasteiger partial charge >= 0.3 is 0 Å². The molecule has 0 saturated carbocycles. The number of rotatable bonds is 2. The Hall–Kier alpha value is -1.42. The number of hydrogen-bond donors (Lipinski definition) is 2. The summed E-state index contributed by atoms with van der Waals surface area (Å²) in [5.74, 6) is -0.330. The number of aryl methyl sites for hydroxylation is 1. The fourth-order valence-corrected chi connectivity index (χ4v) is 1.50. The SMILES string of the molecule is Cc1cc(F)ccc1NC(=O)[C@H]1CCN1. The van der Waals surface area contributed by atoms with Gasteiger partial charge in [0.1, 0.15) is 5.82 Å². The highest BCUT2D eigenvalue weighted by molar-refractivity contribution is 5.95. The van der Waals surface area contributed by atoms with Crippen molar-refractivity contribution in [2.75, 3.05) is 11.9 Å². The van der Waals surface area contributed by atoms with Crippen molar-refractivity contribution in [1.82, 2.24) is 5.32 Å². The molecule has 4 heteroatoms. The first-order chi connectivity index (χ1) is 7.16. The van der Waals surface area contributed by atoms with Crippen LogP contribution in [0.1, 0.15) is 12.0 Å². The van der Waals surface area contributed by atoms with Crippen LogP contribution in [0.3, 0.4) is 0 Å². The molecule has 0 radical (unpaired) electrons. The van der Waals surface area contributed by atoms with Gasteiger partial charge < -0.3 is 10.6 Å². The Morgan fingerprint density at radius 1 is 1.60 bits per heavy atom. The lowest BCUT2D eigenvalue weighted by Gasteiger charge is -2.26. The molecule has 1 fully saturated rings. The van der Waals surface area contributed by atoms with Crippen LogP contribution in [0.5, 0.6) is 0 Å². The minimum absolute atomic E-state index is 0.0454. The van der Waals surface area contributed by atoms with Gasteiger partial charge in [-0.25, -0.2) is 4.39 Å². The maximum atomic E-state index is 12.8. The molecule has 80 valence electrons. The lowest BCUT2D eigenvalue weighted by molar-refractivity contribution is -0.119. The van der Waals surface area contributed by atoms with Crippen molar-refractivity contribution in [2.45, 2.75) is 19.4 Å². The number of carbonyl (C=O) groups excluding carboxylic acids is 1. The lowest BCUT2D eigenvalue weighted by Crippen LogP contribution is -2.50. The van der Waals surface area contributed by atoms with Crippen LogP contribution in [0, 0.1) is 12.7 Å². The lowest BCUT2D eigenvalue weighted by atomic mass is 10.1. The average molecular weight is 208 g/mol. The normalized spacial score (nSPS) is 19.5. The molecule has 0 unspecified atom stereocenters. The van der Waals surface area contributed by atoms with Crippen molar-refractivity contribution in [3.8, 4) is 0 Å². The standard InChI is InChI=1S/C11H13FN2O/c1-7-6-8(12)2-3-9(7)14-11(15)10-4-5-13-10/h2-3,6,10,13H,4-5H2,1H3,(H,14,15)/t10-/m1/s1. The Balaban J connectivity index is 2.06. The number of carbonyl (C=O) groups is 1. The third kappa shape index (κ3) is 2.15. The molecule has 1 aromatic carbocycles. The number of halogens is 1. The summed E-state index contributed by atoms with van der Waals surface area (Å²) in [6.45, 7) is 2.66. The fourth-order valence-electron chi connectivity index (χ4n) is 1.50. The Kier molecular flexibility index (Phi) is 2.68. The highest BCUT2D eigenvalue weighted by Crippen LogP contribution is 2.16. The summed E-state index contributed by atoms with van der Waals surface area (Å²) < 4.78 is 12.8. The van der Waals surface area contributed by atoms with Crippen LogP contribution in [0.4, 0.5) is 10.1 Å². The number of anilines is 1. The van der Waals surface area contributed by atoms with Crippen LogP contribution in [0.2, 0.25) is 0 Å². The molecule has 0 aromatic heterocycles. The zero-order chi connectivity index (χ0) is 10.8. The van der Waals surface area contributed by atoms with E-state index >= 15 is 0 Å². The van der Waals surface area contributed by atoms with Gasteiger partial charge in [-0.15, -0.1) is 0 Å². The fraction of sp³-hybridized carbons (Fsp3) is 0.364. The molecular formula is C11H13FN2O. The van der Waals surface area contributed by atoms with Gasteiger partial charge in [-0.05, 0) is 43.7 Å². The van der Waals surface area contributed by atoms with Gasteiger partial charge in [0, 0.05) is 5.69 Å². The zero-order valence-electron chi connectivity index (χ0n) is 8.51. The molecule has 1 atom stereocenters. The molecule has 15 heavy (non-hydrogen) atoms. The Morgan fingerprint density at radius 2 is 2.33 bits per heavy atom. The summed E-state index contributed by atoms with van der Waals surface area (Å²) >= 11 is 0. The summed E-state index contributed by atoms with van der Waals surface area (Å²) in [7, 11) is 0. The maximum absolute atomic E-state index is 12.8. The van der Waals surface area contributed by atoms with Gasteiger partial charge in [0.25, 0.3) is 0 Å². The van der Waals surface area contributed by atoms with Gasteiger partial charge in [-0.2, -0.15) is 0 Å². The Bertz CT molecular complexity index is 388. The first kappa shape index (κ1) is 10.1. The van der Waals surface area contributed by atoms with Crippen LogP contribution < -0.4 is 10.6 Å². The summed E-state index contributed by atoms with van der Waals surface area (Å²) in [6, 6.07) is 4.25. The third-order valence-corrected chi connectivity index (χ3v) is 2.59. The first-order valence-corrected chi connectivity index (χ1v) is 4.97. The van der Waals surface area contributed by atoms with Crippen LogP contribution in [0.25, 0.3) is 0 Å². The smallest absolute Gasteiger partial charge is 0.241 e. The second kappa shape index (κ2) is 3.98. The van der Waals surface area contributed by atoms with E-state index in [0.29, 0.717) is 5.69 Å². The Morgan fingerprint density at radius 3 is 2.87 bits per heavy atom. The van der Waals surface area contributed by atoms with Crippen molar-refractivity contribution >= 4 is 11.6 Å². The first-order valence-electron chi connectivity index (χ1n) is 4.97. The van der Waals surface area contributed by atoms with E-state index in [1.165, 1.54) is 12.1 Å². The molecule has 1 saturated heterocycles. The van der Waals surface area contributed by atoms with Crippen LogP contribution in [-0.4, -0.2) is 18.5 Å². The van der Waals surface area contributed by atoms with E-state index in [0.717, 1.165) is 18.5 Å². The number of hydrogen-bond acceptors (Lipinski definition) is 2. The number of benzene rings is 1. The van der Waals surface area contributed by atoms with Crippen molar-refractivity contribution in [3.63, 3.8) is 0 Å². The van der Waals surface area contributed by atoms with Gasteiger partial charge in [-0.3, -0.25) is 4.79 Å².